The van der Waals surface area contributed by atoms with Gasteiger partial charge in [-0.1, -0.05) is 22.6 Å². The van der Waals surface area contributed by atoms with Crippen molar-refractivity contribution in [1.29, 1.82) is 0 Å². The Morgan fingerprint density at radius 1 is 1.40 bits per heavy atom. The Hall–Kier alpha value is -1.24. The van der Waals surface area contributed by atoms with Gasteiger partial charge in [-0.3, -0.25) is 4.79 Å². The zero-order valence-electron chi connectivity index (χ0n) is 11.1. The van der Waals surface area contributed by atoms with Crippen LogP contribution in [0.4, 0.5) is 0 Å². The van der Waals surface area contributed by atoms with E-state index in [9.17, 15) is 4.79 Å². The normalized spacial score (nSPS) is 13.8. The number of amides is 1. The maximum absolute atomic E-state index is 11.3. The predicted octanol–water partition coefficient (Wildman–Crippen LogP) is 2.85. The lowest BCUT2D eigenvalue weighted by Crippen LogP contribution is -2.26. The molecule has 1 aliphatic rings. The summed E-state index contributed by atoms with van der Waals surface area (Å²) in [6, 6.07) is 3.95. The van der Waals surface area contributed by atoms with Gasteiger partial charge in [0.1, 0.15) is 11.3 Å². The smallest absolute Gasteiger partial charge is 0.229 e. The molecule has 0 saturated heterocycles. The molecular formula is C15H16INO3. The van der Waals surface area contributed by atoms with Crippen LogP contribution in [-0.4, -0.2) is 23.5 Å². The van der Waals surface area contributed by atoms with Crippen molar-refractivity contribution in [1.82, 2.24) is 5.32 Å². The minimum absolute atomic E-state index is 0.0729. The van der Waals surface area contributed by atoms with Crippen LogP contribution in [0.3, 0.4) is 0 Å². The number of hydrogen-bond acceptors (Lipinski definition) is 3. The summed E-state index contributed by atoms with van der Waals surface area (Å²) in [7, 11) is 0. The summed E-state index contributed by atoms with van der Waals surface area (Å²) in [6.45, 7) is 1.43. The van der Waals surface area contributed by atoms with Crippen LogP contribution in [0, 0.1) is 0 Å². The lowest BCUT2D eigenvalue weighted by molar-refractivity contribution is -0.118. The molecule has 1 aromatic carbocycles. The molecule has 0 fully saturated rings. The van der Waals surface area contributed by atoms with Crippen molar-refractivity contribution in [2.75, 3.05) is 17.6 Å². The number of carbonyl (C=O) groups excluding carboxylic acids is 1. The summed E-state index contributed by atoms with van der Waals surface area (Å²) >= 11 is 2.06. The Kier molecular flexibility index (Phi) is 4.14. The SMILES string of the molecule is O=C(CI)NCCc1coc2ccc3c(c12)CCCO3. The Bertz CT molecular complexity index is 635. The molecule has 0 spiro atoms. The lowest BCUT2D eigenvalue weighted by Gasteiger charge is -2.18. The highest BCUT2D eigenvalue weighted by Crippen LogP contribution is 2.35. The summed E-state index contributed by atoms with van der Waals surface area (Å²) < 4.78 is 11.8. The van der Waals surface area contributed by atoms with Gasteiger partial charge in [-0.05, 0) is 31.4 Å². The minimum Gasteiger partial charge on any atom is -0.493 e. The van der Waals surface area contributed by atoms with Crippen LogP contribution in [0.1, 0.15) is 17.5 Å². The molecule has 0 saturated carbocycles. The number of nitrogens with one attached hydrogen (secondary N) is 1. The Morgan fingerprint density at radius 3 is 3.15 bits per heavy atom. The van der Waals surface area contributed by atoms with Crippen LogP contribution in [0.5, 0.6) is 5.75 Å². The Morgan fingerprint density at radius 2 is 2.30 bits per heavy atom. The standard InChI is InChI=1S/C15H16INO3/c16-8-14(18)17-6-5-10-9-20-13-4-3-12-11(15(10)13)2-1-7-19-12/h3-4,9H,1-2,5-8H2,(H,17,18). The molecule has 2 heterocycles. The van der Waals surface area contributed by atoms with Crippen LogP contribution < -0.4 is 10.1 Å². The molecule has 0 unspecified atom stereocenters. The topological polar surface area (TPSA) is 51.5 Å². The van der Waals surface area contributed by atoms with E-state index in [0.717, 1.165) is 42.8 Å². The lowest BCUT2D eigenvalue weighted by atomic mass is 9.98. The van der Waals surface area contributed by atoms with Gasteiger partial charge in [0.2, 0.25) is 5.91 Å². The average molecular weight is 385 g/mol. The van der Waals surface area contributed by atoms with Gasteiger partial charge in [0.15, 0.2) is 0 Å². The van der Waals surface area contributed by atoms with E-state index in [1.54, 1.807) is 6.26 Å². The first-order valence-corrected chi connectivity index (χ1v) is 8.29. The van der Waals surface area contributed by atoms with E-state index >= 15 is 0 Å². The van der Waals surface area contributed by atoms with Gasteiger partial charge in [-0.15, -0.1) is 0 Å². The number of alkyl halides is 1. The van der Waals surface area contributed by atoms with Crippen LogP contribution >= 0.6 is 22.6 Å². The summed E-state index contributed by atoms with van der Waals surface area (Å²) in [4.78, 5) is 11.3. The molecule has 3 rings (SSSR count). The number of carbonyl (C=O) groups is 1. The van der Waals surface area contributed by atoms with Crippen molar-refractivity contribution in [3.8, 4) is 5.75 Å². The number of aryl methyl sites for hydroxylation is 1. The predicted molar refractivity (Wildman–Crippen MR) is 85.6 cm³/mol. The molecule has 2 aromatic rings. The molecule has 0 bridgehead atoms. The third-order valence-corrected chi connectivity index (χ3v) is 4.24. The van der Waals surface area contributed by atoms with Crippen LogP contribution in [0.25, 0.3) is 11.0 Å². The van der Waals surface area contributed by atoms with Crippen LogP contribution in [-0.2, 0) is 17.6 Å². The quantitative estimate of drug-likeness (QED) is 0.651. The number of fused-ring (bicyclic) bond motifs is 3. The van der Waals surface area contributed by atoms with Crippen LogP contribution in [0.2, 0.25) is 0 Å². The molecule has 0 radical (unpaired) electrons. The van der Waals surface area contributed by atoms with Gasteiger partial charge in [-0.25, -0.2) is 0 Å². The van der Waals surface area contributed by atoms with E-state index in [4.69, 9.17) is 9.15 Å². The second-order valence-electron chi connectivity index (χ2n) is 4.86. The highest BCUT2D eigenvalue weighted by Gasteiger charge is 2.18. The van der Waals surface area contributed by atoms with E-state index in [2.05, 4.69) is 27.9 Å². The molecule has 1 aliphatic heterocycles. The monoisotopic (exact) mass is 385 g/mol. The zero-order chi connectivity index (χ0) is 13.9. The van der Waals surface area contributed by atoms with Crippen LogP contribution in [0.15, 0.2) is 22.8 Å². The fourth-order valence-electron chi connectivity index (χ4n) is 2.63. The van der Waals surface area contributed by atoms with Crippen molar-refractivity contribution in [3.05, 3.63) is 29.5 Å². The molecule has 20 heavy (non-hydrogen) atoms. The fraction of sp³-hybridized carbons (Fsp3) is 0.400. The van der Waals surface area contributed by atoms with Gasteiger partial charge in [0.25, 0.3) is 0 Å². The number of benzene rings is 1. The van der Waals surface area contributed by atoms with E-state index in [1.807, 2.05) is 12.1 Å². The molecule has 0 atom stereocenters. The van der Waals surface area contributed by atoms with Gasteiger partial charge in [0.05, 0.1) is 17.3 Å². The number of halogens is 1. The first-order chi connectivity index (χ1) is 9.79. The molecule has 1 amide bonds. The van der Waals surface area contributed by atoms with Gasteiger partial charge in [0, 0.05) is 23.1 Å². The first kappa shape index (κ1) is 13.7. The van der Waals surface area contributed by atoms with E-state index in [0.29, 0.717) is 11.0 Å². The second-order valence-corrected chi connectivity index (χ2v) is 5.62. The first-order valence-electron chi connectivity index (χ1n) is 6.77. The Labute approximate surface area is 131 Å². The molecule has 5 heteroatoms. The van der Waals surface area contributed by atoms with Crippen molar-refractivity contribution < 1.29 is 13.9 Å². The Balaban J connectivity index is 1.86. The largest absolute Gasteiger partial charge is 0.493 e. The van der Waals surface area contributed by atoms with E-state index < -0.39 is 0 Å². The fourth-order valence-corrected chi connectivity index (χ4v) is 2.90. The average Bonchev–Trinajstić information content (AvgIpc) is 2.91. The number of rotatable bonds is 4. The maximum atomic E-state index is 11.3. The number of hydrogen-bond donors (Lipinski definition) is 1. The minimum atomic E-state index is 0.0729. The molecule has 0 aliphatic carbocycles. The highest BCUT2D eigenvalue weighted by atomic mass is 127. The molecule has 4 nitrogen and oxygen atoms in total. The summed E-state index contributed by atoms with van der Waals surface area (Å²) in [5.74, 6) is 1.05. The molecule has 106 valence electrons. The summed E-state index contributed by atoms with van der Waals surface area (Å²) in [5.41, 5.74) is 3.30. The number of ether oxygens (including phenoxy) is 1. The van der Waals surface area contributed by atoms with Gasteiger partial charge < -0.3 is 14.5 Å². The molecular weight excluding hydrogens is 369 g/mol. The van der Waals surface area contributed by atoms with Gasteiger partial charge >= 0.3 is 0 Å². The van der Waals surface area contributed by atoms with E-state index in [-0.39, 0.29) is 5.91 Å². The number of furan rings is 1. The van der Waals surface area contributed by atoms with Crippen molar-refractivity contribution in [2.45, 2.75) is 19.3 Å². The van der Waals surface area contributed by atoms with Gasteiger partial charge in [-0.2, -0.15) is 0 Å². The van der Waals surface area contributed by atoms with E-state index in [1.165, 1.54) is 10.9 Å². The third-order valence-electron chi connectivity index (χ3n) is 3.55. The summed E-state index contributed by atoms with van der Waals surface area (Å²) in [5, 5.41) is 4.07. The molecule has 1 N–H and O–H groups in total. The van der Waals surface area contributed by atoms with Crippen molar-refractivity contribution in [3.63, 3.8) is 0 Å². The highest BCUT2D eigenvalue weighted by molar-refractivity contribution is 14.1. The molecule has 1 aromatic heterocycles. The second kappa shape index (κ2) is 6.03. The maximum Gasteiger partial charge on any atom is 0.229 e. The third kappa shape index (κ3) is 2.63. The van der Waals surface area contributed by atoms with Crippen molar-refractivity contribution in [2.24, 2.45) is 0 Å². The summed E-state index contributed by atoms with van der Waals surface area (Å²) in [6.07, 6.45) is 4.66. The van der Waals surface area contributed by atoms with Crippen molar-refractivity contribution >= 4 is 39.5 Å². The zero-order valence-corrected chi connectivity index (χ0v) is 13.2.